The second-order valence-corrected chi connectivity index (χ2v) is 9.60. The molecule has 1 aromatic carbocycles. The van der Waals surface area contributed by atoms with Crippen LogP contribution in [-0.2, 0) is 18.6 Å². The minimum atomic E-state index is -2.66. The molecule has 0 amide bonds. The second-order valence-electron chi connectivity index (χ2n) is 7.58. The number of benzene rings is 1. The summed E-state index contributed by atoms with van der Waals surface area (Å²) in [6, 6.07) is 7.69. The first-order valence-electron chi connectivity index (χ1n) is 10.1. The van der Waals surface area contributed by atoms with Crippen molar-refractivity contribution in [2.24, 2.45) is 0 Å². The minimum absolute atomic E-state index is 0.0899. The highest BCUT2D eigenvalue weighted by atomic mass is 32.2. The van der Waals surface area contributed by atoms with Crippen molar-refractivity contribution < 1.29 is 8.78 Å². The van der Waals surface area contributed by atoms with E-state index in [1.165, 1.54) is 29.0 Å². The summed E-state index contributed by atoms with van der Waals surface area (Å²) in [6.45, 7) is -0.667. The number of alkyl halides is 2. The molecule has 0 spiro atoms. The first kappa shape index (κ1) is 20.4. The number of rotatable bonds is 5. The van der Waals surface area contributed by atoms with Crippen molar-refractivity contribution in [1.82, 2.24) is 19.1 Å². The summed E-state index contributed by atoms with van der Waals surface area (Å²) in [4.78, 5) is 24.6. The Bertz CT molecular complexity index is 1310. The second kappa shape index (κ2) is 8.20. The summed E-state index contributed by atoms with van der Waals surface area (Å²) in [5.41, 5.74) is 2.86. The Morgan fingerprint density at radius 1 is 1.19 bits per heavy atom. The molecule has 0 radical (unpaired) electrons. The van der Waals surface area contributed by atoms with Crippen LogP contribution in [-0.4, -0.2) is 19.1 Å². The van der Waals surface area contributed by atoms with Crippen LogP contribution in [0.2, 0.25) is 0 Å². The van der Waals surface area contributed by atoms with Crippen molar-refractivity contribution in [3.8, 4) is 5.69 Å². The Kier molecular flexibility index (Phi) is 5.39. The molecule has 4 aromatic rings. The number of hydrogen-bond acceptors (Lipinski definition) is 5. The molecule has 0 atom stereocenters. The van der Waals surface area contributed by atoms with Crippen LogP contribution in [0.15, 0.2) is 46.6 Å². The summed E-state index contributed by atoms with van der Waals surface area (Å²) in [5, 5.41) is 1.20. The third-order valence-corrected chi connectivity index (χ3v) is 7.66. The molecule has 3 aromatic heterocycles. The van der Waals surface area contributed by atoms with Crippen LogP contribution in [0.25, 0.3) is 15.9 Å². The topological polar surface area (TPSA) is 52.7 Å². The largest absolute Gasteiger partial charge is 0.319 e. The summed E-state index contributed by atoms with van der Waals surface area (Å²) in [6.07, 6.45) is 6.71. The van der Waals surface area contributed by atoms with E-state index >= 15 is 0 Å². The van der Waals surface area contributed by atoms with Crippen molar-refractivity contribution in [3.05, 3.63) is 68.8 Å². The van der Waals surface area contributed by atoms with Crippen LogP contribution in [0.4, 0.5) is 8.78 Å². The molecule has 0 fully saturated rings. The predicted octanol–water partition coefficient (Wildman–Crippen LogP) is 5.52. The molecule has 0 unspecified atom stereocenters. The summed E-state index contributed by atoms with van der Waals surface area (Å²) in [5.74, 6) is 0.432. The van der Waals surface area contributed by atoms with E-state index in [9.17, 15) is 13.6 Å². The van der Waals surface area contributed by atoms with E-state index in [2.05, 4.69) is 4.98 Å². The van der Waals surface area contributed by atoms with Crippen LogP contribution in [0.5, 0.6) is 0 Å². The van der Waals surface area contributed by atoms with Crippen LogP contribution < -0.4 is 5.56 Å². The zero-order valence-corrected chi connectivity index (χ0v) is 18.5. The molecule has 0 N–H and O–H groups in total. The van der Waals surface area contributed by atoms with Crippen molar-refractivity contribution >= 4 is 33.3 Å². The van der Waals surface area contributed by atoms with Gasteiger partial charge in [-0.2, -0.15) is 8.78 Å². The minimum Gasteiger partial charge on any atom is -0.277 e. The van der Waals surface area contributed by atoms with Gasteiger partial charge in [0.1, 0.15) is 10.7 Å². The monoisotopic (exact) mass is 458 g/mol. The molecular weight excluding hydrogens is 438 g/mol. The summed E-state index contributed by atoms with van der Waals surface area (Å²) < 4.78 is 28.9. The molecule has 5 nitrogen and oxygen atoms in total. The lowest BCUT2D eigenvalue weighted by Crippen LogP contribution is -2.22. The number of thioether (sulfide) groups is 1. The van der Waals surface area contributed by atoms with E-state index in [0.29, 0.717) is 10.5 Å². The highest BCUT2D eigenvalue weighted by molar-refractivity contribution is 7.98. The number of imidazole rings is 1. The average Bonchev–Trinajstić information content (AvgIpc) is 3.37. The fourth-order valence-corrected chi connectivity index (χ4v) is 6.23. The van der Waals surface area contributed by atoms with Gasteiger partial charge in [-0.05, 0) is 50.3 Å². The van der Waals surface area contributed by atoms with Crippen molar-refractivity contribution in [1.29, 1.82) is 0 Å². The number of thiophene rings is 1. The highest BCUT2D eigenvalue weighted by Crippen LogP contribution is 2.35. The maximum absolute atomic E-state index is 13.7. The van der Waals surface area contributed by atoms with E-state index in [4.69, 9.17) is 4.98 Å². The smallest absolute Gasteiger partial charge is 0.277 e. The first-order valence-corrected chi connectivity index (χ1v) is 11.9. The van der Waals surface area contributed by atoms with Crippen molar-refractivity contribution in [3.63, 3.8) is 0 Å². The lowest BCUT2D eigenvalue weighted by Gasteiger charge is -2.14. The fourth-order valence-electron chi connectivity index (χ4n) is 3.97. The molecule has 1 aliphatic rings. The van der Waals surface area contributed by atoms with E-state index in [1.54, 1.807) is 15.9 Å². The van der Waals surface area contributed by atoms with E-state index < -0.39 is 6.55 Å². The van der Waals surface area contributed by atoms with Gasteiger partial charge in [0.15, 0.2) is 5.16 Å². The lowest BCUT2D eigenvalue weighted by atomic mass is 9.97. The zero-order valence-electron chi connectivity index (χ0n) is 16.8. The van der Waals surface area contributed by atoms with E-state index in [1.807, 2.05) is 31.2 Å². The van der Waals surface area contributed by atoms with Gasteiger partial charge in [-0.15, -0.1) is 11.3 Å². The van der Waals surface area contributed by atoms with Crippen LogP contribution in [0, 0.1) is 6.92 Å². The normalized spacial score (nSPS) is 13.8. The highest BCUT2D eigenvalue weighted by Gasteiger charge is 2.23. The van der Waals surface area contributed by atoms with Gasteiger partial charge >= 0.3 is 6.55 Å². The number of halogens is 2. The average molecular weight is 459 g/mol. The number of fused-ring (bicyclic) bond motifs is 3. The van der Waals surface area contributed by atoms with Gasteiger partial charge in [0.05, 0.1) is 16.8 Å². The molecule has 31 heavy (non-hydrogen) atoms. The number of nitrogens with zero attached hydrogens (tertiary/aromatic N) is 4. The third kappa shape index (κ3) is 3.70. The summed E-state index contributed by atoms with van der Waals surface area (Å²) >= 11 is 2.84. The SMILES string of the molecule is Cc1ccc(-n2c(SCc3nccn3C(F)F)nc3sc4c(c3c2=O)CCCC4)cc1. The molecule has 1 aliphatic carbocycles. The molecule has 0 saturated heterocycles. The predicted molar refractivity (Wildman–Crippen MR) is 120 cm³/mol. The van der Waals surface area contributed by atoms with E-state index in [-0.39, 0.29) is 17.1 Å². The van der Waals surface area contributed by atoms with Crippen LogP contribution in [0.1, 0.15) is 41.2 Å². The zero-order chi connectivity index (χ0) is 21.5. The van der Waals surface area contributed by atoms with Gasteiger partial charge in [0, 0.05) is 17.3 Å². The van der Waals surface area contributed by atoms with Gasteiger partial charge < -0.3 is 0 Å². The van der Waals surface area contributed by atoms with Gasteiger partial charge in [-0.1, -0.05) is 29.5 Å². The van der Waals surface area contributed by atoms with Crippen molar-refractivity contribution in [2.45, 2.75) is 50.1 Å². The van der Waals surface area contributed by atoms with Gasteiger partial charge in [-0.3, -0.25) is 13.9 Å². The van der Waals surface area contributed by atoms with Gasteiger partial charge in [0.2, 0.25) is 0 Å². The van der Waals surface area contributed by atoms with Crippen LogP contribution in [0.3, 0.4) is 0 Å². The molecule has 160 valence electrons. The molecule has 0 bridgehead atoms. The number of hydrogen-bond donors (Lipinski definition) is 0. The van der Waals surface area contributed by atoms with Gasteiger partial charge in [-0.25, -0.2) is 9.97 Å². The van der Waals surface area contributed by atoms with Crippen LogP contribution >= 0.6 is 23.1 Å². The quantitative estimate of drug-likeness (QED) is 0.292. The molecule has 3 heterocycles. The Labute approximate surface area is 185 Å². The van der Waals surface area contributed by atoms with Crippen molar-refractivity contribution in [2.75, 3.05) is 0 Å². The Balaban J connectivity index is 1.65. The Morgan fingerprint density at radius 2 is 1.97 bits per heavy atom. The molecular formula is C22H20F2N4OS2. The lowest BCUT2D eigenvalue weighted by molar-refractivity contribution is 0.0678. The molecule has 5 rings (SSSR count). The third-order valence-electron chi connectivity index (χ3n) is 5.54. The number of aromatic nitrogens is 4. The standard InChI is InChI=1S/C22H20F2N4OS2/c1-13-6-8-14(9-7-13)28-20(29)18-15-4-2-3-5-16(15)31-19(18)26-22(28)30-12-17-25-10-11-27(17)21(23)24/h6-11,21H,2-5,12H2,1H3. The first-order chi connectivity index (χ1) is 15.0. The van der Waals surface area contributed by atoms with E-state index in [0.717, 1.165) is 51.9 Å². The number of aryl methyl sites for hydroxylation is 3. The Hall–Kier alpha value is -2.52. The molecule has 9 heteroatoms. The molecule has 0 saturated carbocycles. The maximum atomic E-state index is 13.7. The summed E-state index contributed by atoms with van der Waals surface area (Å²) in [7, 11) is 0. The Morgan fingerprint density at radius 3 is 2.74 bits per heavy atom. The maximum Gasteiger partial charge on any atom is 0.319 e. The van der Waals surface area contributed by atoms with Gasteiger partial charge in [0.25, 0.3) is 5.56 Å². The molecule has 0 aliphatic heterocycles. The fraction of sp³-hybridized carbons (Fsp3) is 0.318.